The van der Waals surface area contributed by atoms with Crippen molar-refractivity contribution in [2.24, 2.45) is 0 Å². The molecule has 0 aliphatic heterocycles. The van der Waals surface area contributed by atoms with Gasteiger partial charge in [-0.1, -0.05) is 47.5 Å². The molecule has 134 valence electrons. The SMILES string of the molecule is COc1ccc(NCc2ccc(OCc3ccccc3Cl)c(Cl)c2)cc1. The second kappa shape index (κ2) is 8.84. The summed E-state index contributed by atoms with van der Waals surface area (Å²) in [5, 5.41) is 4.61. The number of halogens is 2. The quantitative estimate of drug-likeness (QED) is 0.523. The molecular weight excluding hydrogens is 369 g/mol. The number of hydrogen-bond donors (Lipinski definition) is 1. The third kappa shape index (κ3) is 4.84. The van der Waals surface area contributed by atoms with Crippen LogP contribution in [0.25, 0.3) is 0 Å². The lowest BCUT2D eigenvalue weighted by Gasteiger charge is -2.12. The first kappa shape index (κ1) is 18.4. The summed E-state index contributed by atoms with van der Waals surface area (Å²) < 4.78 is 11.0. The number of methoxy groups -OCH3 is 1. The van der Waals surface area contributed by atoms with Gasteiger partial charge in [0.25, 0.3) is 0 Å². The lowest BCUT2D eigenvalue weighted by atomic mass is 10.2. The second-order valence-electron chi connectivity index (χ2n) is 5.73. The second-order valence-corrected chi connectivity index (χ2v) is 6.54. The molecule has 3 aromatic carbocycles. The first-order valence-electron chi connectivity index (χ1n) is 8.18. The van der Waals surface area contributed by atoms with Gasteiger partial charge in [0.2, 0.25) is 0 Å². The van der Waals surface area contributed by atoms with Crippen molar-refractivity contribution in [1.29, 1.82) is 0 Å². The van der Waals surface area contributed by atoms with E-state index in [4.69, 9.17) is 32.7 Å². The minimum Gasteiger partial charge on any atom is -0.497 e. The summed E-state index contributed by atoms with van der Waals surface area (Å²) in [4.78, 5) is 0. The van der Waals surface area contributed by atoms with Crippen molar-refractivity contribution in [3.8, 4) is 11.5 Å². The van der Waals surface area contributed by atoms with Gasteiger partial charge < -0.3 is 14.8 Å². The maximum Gasteiger partial charge on any atom is 0.138 e. The lowest BCUT2D eigenvalue weighted by Crippen LogP contribution is -2.01. The summed E-state index contributed by atoms with van der Waals surface area (Å²) in [7, 11) is 1.65. The fourth-order valence-corrected chi connectivity index (χ4v) is 2.90. The van der Waals surface area contributed by atoms with Crippen molar-refractivity contribution in [3.05, 3.63) is 87.9 Å². The molecule has 0 aliphatic rings. The van der Waals surface area contributed by atoms with E-state index >= 15 is 0 Å². The topological polar surface area (TPSA) is 30.5 Å². The zero-order valence-corrected chi connectivity index (χ0v) is 15.8. The summed E-state index contributed by atoms with van der Waals surface area (Å²) in [6.45, 7) is 1.04. The molecule has 5 heteroatoms. The van der Waals surface area contributed by atoms with Crippen molar-refractivity contribution in [1.82, 2.24) is 0 Å². The molecular formula is C21H19Cl2NO2. The Kier molecular flexibility index (Phi) is 6.26. The predicted octanol–water partition coefficient (Wildman–Crippen LogP) is 6.19. The van der Waals surface area contributed by atoms with Crippen LogP contribution in [0.4, 0.5) is 5.69 Å². The van der Waals surface area contributed by atoms with Gasteiger partial charge in [-0.05, 0) is 48.0 Å². The molecule has 3 aromatic rings. The van der Waals surface area contributed by atoms with Gasteiger partial charge in [-0.25, -0.2) is 0 Å². The molecule has 3 rings (SSSR count). The smallest absolute Gasteiger partial charge is 0.138 e. The maximum atomic E-state index is 6.35. The van der Waals surface area contributed by atoms with E-state index in [-0.39, 0.29) is 0 Å². The van der Waals surface area contributed by atoms with Gasteiger partial charge in [-0.2, -0.15) is 0 Å². The van der Waals surface area contributed by atoms with Gasteiger partial charge >= 0.3 is 0 Å². The number of benzene rings is 3. The number of anilines is 1. The van der Waals surface area contributed by atoms with Gasteiger partial charge in [0.15, 0.2) is 0 Å². The minimum absolute atomic E-state index is 0.378. The van der Waals surface area contributed by atoms with Crippen LogP contribution >= 0.6 is 23.2 Å². The highest BCUT2D eigenvalue weighted by molar-refractivity contribution is 6.32. The Bertz CT molecular complexity index is 866. The van der Waals surface area contributed by atoms with Crippen molar-refractivity contribution in [2.75, 3.05) is 12.4 Å². The standard InChI is InChI=1S/C21H19Cl2NO2/c1-25-18-9-7-17(8-10-18)24-13-15-6-11-21(20(23)12-15)26-14-16-4-2-3-5-19(16)22/h2-12,24H,13-14H2,1H3. The average molecular weight is 388 g/mol. The highest BCUT2D eigenvalue weighted by atomic mass is 35.5. The van der Waals surface area contributed by atoms with E-state index in [0.29, 0.717) is 28.9 Å². The maximum absolute atomic E-state index is 6.35. The fourth-order valence-electron chi connectivity index (χ4n) is 2.46. The lowest BCUT2D eigenvalue weighted by molar-refractivity contribution is 0.306. The van der Waals surface area contributed by atoms with Crippen LogP contribution in [0, 0.1) is 0 Å². The fraction of sp³-hybridized carbons (Fsp3) is 0.143. The number of ether oxygens (including phenoxy) is 2. The molecule has 0 unspecified atom stereocenters. The van der Waals surface area contributed by atoms with E-state index in [0.717, 1.165) is 22.6 Å². The normalized spacial score (nSPS) is 10.4. The van der Waals surface area contributed by atoms with Crippen LogP contribution in [0.3, 0.4) is 0 Å². The number of hydrogen-bond acceptors (Lipinski definition) is 3. The van der Waals surface area contributed by atoms with Crippen molar-refractivity contribution >= 4 is 28.9 Å². The molecule has 3 nitrogen and oxygen atoms in total. The molecule has 0 amide bonds. The van der Waals surface area contributed by atoms with Crippen LogP contribution in [-0.2, 0) is 13.2 Å². The van der Waals surface area contributed by atoms with E-state index in [1.165, 1.54) is 0 Å². The highest BCUT2D eigenvalue weighted by Crippen LogP contribution is 2.28. The minimum atomic E-state index is 0.378. The van der Waals surface area contributed by atoms with Crippen LogP contribution in [0.5, 0.6) is 11.5 Å². The Morgan fingerprint density at radius 3 is 2.35 bits per heavy atom. The van der Waals surface area contributed by atoms with Gasteiger partial charge in [0.1, 0.15) is 18.1 Å². The van der Waals surface area contributed by atoms with Crippen molar-refractivity contribution in [3.63, 3.8) is 0 Å². The Morgan fingerprint density at radius 2 is 1.65 bits per heavy atom. The summed E-state index contributed by atoms with van der Waals surface area (Å²) in [5.74, 6) is 1.47. The molecule has 1 N–H and O–H groups in total. The van der Waals surface area contributed by atoms with E-state index < -0.39 is 0 Å². The number of rotatable bonds is 7. The summed E-state index contributed by atoms with van der Waals surface area (Å²) in [6.07, 6.45) is 0. The first-order chi connectivity index (χ1) is 12.7. The zero-order valence-electron chi connectivity index (χ0n) is 14.3. The predicted molar refractivity (Wildman–Crippen MR) is 108 cm³/mol. The van der Waals surface area contributed by atoms with Gasteiger partial charge in [0, 0.05) is 22.8 Å². The molecule has 26 heavy (non-hydrogen) atoms. The highest BCUT2D eigenvalue weighted by Gasteiger charge is 2.06. The Hall–Kier alpha value is -2.36. The van der Waals surface area contributed by atoms with Crippen LogP contribution in [0.1, 0.15) is 11.1 Å². The monoisotopic (exact) mass is 387 g/mol. The molecule has 0 bridgehead atoms. The van der Waals surface area contributed by atoms with Gasteiger partial charge in [0.05, 0.1) is 12.1 Å². The summed E-state index contributed by atoms with van der Waals surface area (Å²) in [5.41, 5.74) is 3.01. The molecule has 0 saturated carbocycles. The molecule has 0 aromatic heterocycles. The average Bonchev–Trinajstić information content (AvgIpc) is 2.67. The third-order valence-electron chi connectivity index (χ3n) is 3.92. The molecule has 0 radical (unpaired) electrons. The zero-order chi connectivity index (χ0) is 18.4. The van der Waals surface area contributed by atoms with E-state index in [2.05, 4.69) is 5.32 Å². The summed E-state index contributed by atoms with van der Waals surface area (Å²) in [6, 6.07) is 21.2. The Labute approximate surface area is 163 Å². The number of nitrogens with one attached hydrogen (secondary N) is 1. The van der Waals surface area contributed by atoms with E-state index in [1.807, 2.05) is 66.7 Å². The van der Waals surface area contributed by atoms with Crippen LogP contribution in [0.15, 0.2) is 66.7 Å². The molecule has 0 atom stereocenters. The molecule has 0 heterocycles. The van der Waals surface area contributed by atoms with E-state index in [1.54, 1.807) is 7.11 Å². The molecule has 0 aliphatic carbocycles. The molecule has 0 saturated heterocycles. The third-order valence-corrected chi connectivity index (χ3v) is 4.59. The van der Waals surface area contributed by atoms with Gasteiger partial charge in [-0.15, -0.1) is 0 Å². The Morgan fingerprint density at radius 1 is 0.885 bits per heavy atom. The largest absolute Gasteiger partial charge is 0.497 e. The van der Waals surface area contributed by atoms with Crippen LogP contribution in [-0.4, -0.2) is 7.11 Å². The van der Waals surface area contributed by atoms with Crippen molar-refractivity contribution in [2.45, 2.75) is 13.2 Å². The molecule has 0 fully saturated rings. The molecule has 0 spiro atoms. The Balaban J connectivity index is 1.59. The first-order valence-corrected chi connectivity index (χ1v) is 8.94. The van der Waals surface area contributed by atoms with Gasteiger partial charge in [-0.3, -0.25) is 0 Å². The van der Waals surface area contributed by atoms with Crippen LogP contribution in [0.2, 0.25) is 10.0 Å². The van der Waals surface area contributed by atoms with E-state index in [9.17, 15) is 0 Å². The van der Waals surface area contributed by atoms with Crippen molar-refractivity contribution < 1.29 is 9.47 Å². The van der Waals surface area contributed by atoms with Crippen LogP contribution < -0.4 is 14.8 Å². The summed E-state index contributed by atoms with van der Waals surface area (Å²) >= 11 is 12.5.